The van der Waals surface area contributed by atoms with Crippen LogP contribution in [0.1, 0.15) is 23.6 Å². The third-order valence-corrected chi connectivity index (χ3v) is 5.01. The molecule has 166 valence electrons. The number of guanidine groups is 1. The van der Waals surface area contributed by atoms with E-state index < -0.39 is 0 Å². The number of halogens is 1. The third-order valence-electron chi connectivity index (χ3n) is 5.01. The molecule has 0 fully saturated rings. The maximum Gasteiger partial charge on any atom is 0.191 e. The van der Waals surface area contributed by atoms with Gasteiger partial charge in [-0.15, -0.1) is 24.0 Å². The quantitative estimate of drug-likeness (QED) is 0.321. The first-order valence-corrected chi connectivity index (χ1v) is 9.74. The Morgan fingerprint density at radius 3 is 2.50 bits per heavy atom. The molecule has 10 heteroatoms. The Labute approximate surface area is 194 Å². The van der Waals surface area contributed by atoms with Crippen LogP contribution in [0, 0.1) is 6.92 Å². The number of hydrogen-bond donors (Lipinski definition) is 2. The van der Waals surface area contributed by atoms with Crippen LogP contribution in [0.15, 0.2) is 17.1 Å². The molecule has 3 rings (SSSR count). The molecule has 0 radical (unpaired) electrons. The van der Waals surface area contributed by atoms with Crippen LogP contribution in [0.5, 0.6) is 17.2 Å². The standard InChI is InChI=1S/C20H30N6O3.HI/c1-13-23-19-7-6-14(12-26(19)25-13)24-20(21-2)22-9-8-16-17(28-4)10-15(27-3)11-18(16)29-5;/h10-11,14H,6-9,12H2,1-5H3,(H2,21,22,24);1H. The number of aromatic nitrogens is 3. The van der Waals surface area contributed by atoms with Crippen LogP contribution in [0.3, 0.4) is 0 Å². The molecular formula is C20H31IN6O3. The minimum absolute atomic E-state index is 0. The summed E-state index contributed by atoms with van der Waals surface area (Å²) in [6, 6.07) is 4.00. The van der Waals surface area contributed by atoms with Crippen LogP contribution in [0.2, 0.25) is 0 Å². The average Bonchev–Trinajstić information content (AvgIpc) is 3.11. The van der Waals surface area contributed by atoms with Crippen LogP contribution in [-0.4, -0.2) is 61.7 Å². The van der Waals surface area contributed by atoms with Gasteiger partial charge in [-0.1, -0.05) is 0 Å². The fourth-order valence-electron chi connectivity index (χ4n) is 3.57. The second-order valence-electron chi connectivity index (χ2n) is 6.90. The van der Waals surface area contributed by atoms with Crippen LogP contribution in [0.4, 0.5) is 0 Å². The van der Waals surface area contributed by atoms with Crippen molar-refractivity contribution < 1.29 is 14.2 Å². The van der Waals surface area contributed by atoms with Crippen LogP contribution >= 0.6 is 24.0 Å². The molecule has 0 saturated carbocycles. The molecule has 0 bridgehead atoms. The average molecular weight is 530 g/mol. The van der Waals surface area contributed by atoms with Gasteiger partial charge in [-0.05, 0) is 19.8 Å². The van der Waals surface area contributed by atoms with Gasteiger partial charge < -0.3 is 24.8 Å². The molecule has 0 amide bonds. The monoisotopic (exact) mass is 530 g/mol. The maximum absolute atomic E-state index is 5.52. The lowest BCUT2D eigenvalue weighted by Crippen LogP contribution is -2.47. The Kier molecular flexibility index (Phi) is 9.00. The van der Waals surface area contributed by atoms with Crippen molar-refractivity contribution in [2.45, 2.75) is 38.8 Å². The van der Waals surface area contributed by atoms with Gasteiger partial charge in [0.1, 0.15) is 28.9 Å². The van der Waals surface area contributed by atoms with Gasteiger partial charge in [0, 0.05) is 43.8 Å². The van der Waals surface area contributed by atoms with Gasteiger partial charge in [-0.3, -0.25) is 4.99 Å². The molecule has 1 aliphatic heterocycles. The number of aryl methyl sites for hydroxylation is 2. The number of hydrogen-bond acceptors (Lipinski definition) is 6. The van der Waals surface area contributed by atoms with E-state index in [1.165, 1.54) is 0 Å². The van der Waals surface area contributed by atoms with Gasteiger partial charge in [-0.25, -0.2) is 9.67 Å². The van der Waals surface area contributed by atoms with Gasteiger partial charge in [0.25, 0.3) is 0 Å². The van der Waals surface area contributed by atoms with E-state index in [1.54, 1.807) is 28.4 Å². The Bertz CT molecular complexity index is 845. The first-order chi connectivity index (χ1) is 14.1. The molecule has 0 saturated heterocycles. The van der Waals surface area contributed by atoms with E-state index >= 15 is 0 Å². The Morgan fingerprint density at radius 1 is 1.20 bits per heavy atom. The van der Waals surface area contributed by atoms with Crippen molar-refractivity contribution in [2.24, 2.45) is 4.99 Å². The van der Waals surface area contributed by atoms with E-state index in [-0.39, 0.29) is 30.0 Å². The lowest BCUT2D eigenvalue weighted by atomic mass is 10.1. The van der Waals surface area contributed by atoms with Crippen molar-refractivity contribution in [2.75, 3.05) is 34.9 Å². The number of aliphatic imine (C=N–C) groups is 1. The second-order valence-corrected chi connectivity index (χ2v) is 6.90. The van der Waals surface area contributed by atoms with Gasteiger partial charge in [0.05, 0.1) is 27.9 Å². The van der Waals surface area contributed by atoms with Crippen molar-refractivity contribution in [3.05, 3.63) is 29.3 Å². The molecule has 2 N–H and O–H groups in total. The van der Waals surface area contributed by atoms with Crippen LogP contribution < -0.4 is 24.8 Å². The Balaban J connectivity index is 0.00000320. The Hall–Kier alpha value is -2.24. The molecule has 1 unspecified atom stereocenters. The molecule has 1 aromatic heterocycles. The lowest BCUT2D eigenvalue weighted by molar-refractivity contribution is 0.368. The second kappa shape index (κ2) is 11.2. The summed E-state index contributed by atoms with van der Waals surface area (Å²) in [5, 5.41) is 11.3. The summed E-state index contributed by atoms with van der Waals surface area (Å²) in [6.07, 6.45) is 2.63. The largest absolute Gasteiger partial charge is 0.496 e. The van der Waals surface area contributed by atoms with Gasteiger partial charge >= 0.3 is 0 Å². The van der Waals surface area contributed by atoms with E-state index in [0.717, 1.165) is 54.1 Å². The van der Waals surface area contributed by atoms with Crippen molar-refractivity contribution in [1.82, 2.24) is 25.4 Å². The Morgan fingerprint density at radius 2 is 1.90 bits per heavy atom. The number of methoxy groups -OCH3 is 3. The number of fused-ring (bicyclic) bond motifs is 1. The maximum atomic E-state index is 5.52. The molecule has 1 atom stereocenters. The van der Waals surface area contributed by atoms with E-state index in [4.69, 9.17) is 14.2 Å². The fraction of sp³-hybridized carbons (Fsp3) is 0.550. The number of benzene rings is 1. The topological polar surface area (TPSA) is 94.8 Å². The molecule has 0 aliphatic carbocycles. The normalized spacial score (nSPS) is 15.6. The predicted octanol–water partition coefficient (Wildman–Crippen LogP) is 1.95. The summed E-state index contributed by atoms with van der Waals surface area (Å²) in [7, 11) is 6.70. The van der Waals surface area contributed by atoms with E-state index in [0.29, 0.717) is 18.7 Å². The van der Waals surface area contributed by atoms with Crippen molar-refractivity contribution in [3.63, 3.8) is 0 Å². The number of nitrogens with one attached hydrogen (secondary N) is 2. The first-order valence-electron chi connectivity index (χ1n) is 9.74. The highest BCUT2D eigenvalue weighted by molar-refractivity contribution is 14.0. The fourth-order valence-corrected chi connectivity index (χ4v) is 3.57. The zero-order valence-electron chi connectivity index (χ0n) is 18.2. The van der Waals surface area contributed by atoms with Crippen molar-refractivity contribution in [1.29, 1.82) is 0 Å². The molecule has 0 spiro atoms. The summed E-state index contributed by atoms with van der Waals surface area (Å²) in [4.78, 5) is 8.81. The minimum atomic E-state index is 0. The molecular weight excluding hydrogens is 499 g/mol. The van der Waals surface area contributed by atoms with Gasteiger partial charge in [0.2, 0.25) is 0 Å². The first kappa shape index (κ1) is 24.0. The molecule has 30 heavy (non-hydrogen) atoms. The lowest BCUT2D eigenvalue weighted by Gasteiger charge is -2.25. The minimum Gasteiger partial charge on any atom is -0.496 e. The molecule has 2 heterocycles. The SMILES string of the molecule is CN=C(NCCc1c(OC)cc(OC)cc1OC)NC1CCc2nc(C)nn2C1.I. The molecule has 1 aromatic carbocycles. The zero-order chi connectivity index (χ0) is 20.8. The summed E-state index contributed by atoms with van der Waals surface area (Å²) in [6.45, 7) is 3.39. The van der Waals surface area contributed by atoms with Crippen molar-refractivity contribution in [3.8, 4) is 17.2 Å². The summed E-state index contributed by atoms with van der Waals surface area (Å²) < 4.78 is 18.3. The summed E-state index contributed by atoms with van der Waals surface area (Å²) >= 11 is 0. The van der Waals surface area contributed by atoms with Crippen LogP contribution in [0.25, 0.3) is 0 Å². The smallest absolute Gasteiger partial charge is 0.191 e. The number of ether oxygens (including phenoxy) is 3. The highest BCUT2D eigenvalue weighted by Gasteiger charge is 2.21. The highest BCUT2D eigenvalue weighted by Crippen LogP contribution is 2.34. The van der Waals surface area contributed by atoms with E-state index in [9.17, 15) is 0 Å². The van der Waals surface area contributed by atoms with Gasteiger partial charge in [-0.2, -0.15) is 5.10 Å². The molecule has 9 nitrogen and oxygen atoms in total. The zero-order valence-corrected chi connectivity index (χ0v) is 20.5. The van der Waals surface area contributed by atoms with Gasteiger partial charge in [0.15, 0.2) is 5.96 Å². The van der Waals surface area contributed by atoms with Crippen molar-refractivity contribution >= 4 is 29.9 Å². The highest BCUT2D eigenvalue weighted by atomic mass is 127. The molecule has 1 aliphatic rings. The molecule has 2 aromatic rings. The van der Waals surface area contributed by atoms with E-state index in [2.05, 4.69) is 25.7 Å². The van der Waals surface area contributed by atoms with Crippen LogP contribution in [-0.2, 0) is 19.4 Å². The summed E-state index contributed by atoms with van der Waals surface area (Å²) in [5.74, 6) is 4.84. The van der Waals surface area contributed by atoms with E-state index in [1.807, 2.05) is 23.7 Å². The number of nitrogens with zero attached hydrogens (tertiary/aromatic N) is 4. The number of rotatable bonds is 7. The summed E-state index contributed by atoms with van der Waals surface area (Å²) in [5.41, 5.74) is 0.985. The third kappa shape index (κ3) is 5.67. The predicted molar refractivity (Wildman–Crippen MR) is 127 cm³/mol.